The largest absolute Gasteiger partial charge is 0.338 e. The Morgan fingerprint density at radius 1 is 1.56 bits per heavy atom. The van der Waals surface area contributed by atoms with Crippen LogP contribution in [0.5, 0.6) is 0 Å². The van der Waals surface area contributed by atoms with Gasteiger partial charge >= 0.3 is 0 Å². The summed E-state index contributed by atoms with van der Waals surface area (Å²) in [6.45, 7) is 2.03. The molecule has 7 heteroatoms. The van der Waals surface area contributed by atoms with Crippen molar-refractivity contribution in [1.82, 2.24) is 10.1 Å². The van der Waals surface area contributed by atoms with Crippen LogP contribution in [-0.4, -0.2) is 30.1 Å². The molecule has 90 valence electrons. The van der Waals surface area contributed by atoms with Crippen molar-refractivity contribution >= 4 is 9.84 Å². The molecule has 0 aromatic carbocycles. The van der Waals surface area contributed by atoms with Gasteiger partial charge in [-0.25, -0.2) is 8.42 Å². The van der Waals surface area contributed by atoms with Crippen molar-refractivity contribution in [2.24, 2.45) is 5.73 Å². The zero-order chi connectivity index (χ0) is 11.8. The summed E-state index contributed by atoms with van der Waals surface area (Å²) < 4.78 is 28.1. The highest BCUT2D eigenvalue weighted by Crippen LogP contribution is 2.32. The summed E-state index contributed by atoms with van der Waals surface area (Å²) in [6, 6.07) is 0. The van der Waals surface area contributed by atoms with E-state index in [4.69, 9.17) is 10.3 Å². The third kappa shape index (κ3) is 2.10. The monoisotopic (exact) mass is 245 g/mol. The number of rotatable bonds is 2. The van der Waals surface area contributed by atoms with E-state index in [0.717, 1.165) is 6.42 Å². The summed E-state index contributed by atoms with van der Waals surface area (Å²) in [6.07, 6.45) is 1.40. The van der Waals surface area contributed by atoms with Gasteiger partial charge in [0.1, 0.15) is 0 Å². The van der Waals surface area contributed by atoms with Crippen LogP contribution in [0.1, 0.15) is 31.5 Å². The van der Waals surface area contributed by atoms with E-state index in [0.29, 0.717) is 18.1 Å². The standard InChI is InChI=1S/C9H15N3O3S/c1-9(3-2-4-16(13,14)6-9)8-11-7(5-10)15-12-8/h2-6,10H2,1H3. The van der Waals surface area contributed by atoms with Gasteiger partial charge in [0.05, 0.1) is 18.1 Å². The lowest BCUT2D eigenvalue weighted by Gasteiger charge is -2.29. The van der Waals surface area contributed by atoms with E-state index in [1.807, 2.05) is 6.92 Å². The van der Waals surface area contributed by atoms with Gasteiger partial charge < -0.3 is 10.3 Å². The molecule has 2 N–H and O–H groups in total. The Labute approximate surface area is 94.1 Å². The predicted molar refractivity (Wildman–Crippen MR) is 57.4 cm³/mol. The Hall–Kier alpha value is -0.950. The van der Waals surface area contributed by atoms with Crippen LogP contribution in [0.4, 0.5) is 0 Å². The second kappa shape index (κ2) is 3.81. The molecular formula is C9H15N3O3S. The van der Waals surface area contributed by atoms with Gasteiger partial charge in [-0.15, -0.1) is 0 Å². The number of nitrogens with zero attached hydrogens (tertiary/aromatic N) is 2. The number of nitrogens with two attached hydrogens (primary N) is 1. The molecule has 2 heterocycles. The number of sulfone groups is 1. The molecule has 1 saturated heterocycles. The van der Waals surface area contributed by atoms with E-state index < -0.39 is 15.3 Å². The molecule has 0 radical (unpaired) electrons. The Morgan fingerprint density at radius 3 is 2.88 bits per heavy atom. The van der Waals surface area contributed by atoms with Gasteiger partial charge in [-0.3, -0.25) is 0 Å². The maximum absolute atomic E-state index is 11.6. The average molecular weight is 245 g/mol. The van der Waals surface area contributed by atoms with Crippen LogP contribution in [0.2, 0.25) is 0 Å². The fourth-order valence-corrected chi connectivity index (χ4v) is 4.04. The first kappa shape index (κ1) is 11.5. The third-order valence-electron chi connectivity index (χ3n) is 2.90. The lowest BCUT2D eigenvalue weighted by atomic mass is 9.86. The van der Waals surface area contributed by atoms with Gasteiger partial charge in [0.25, 0.3) is 0 Å². The van der Waals surface area contributed by atoms with Crippen LogP contribution in [0.25, 0.3) is 0 Å². The minimum atomic E-state index is -2.99. The van der Waals surface area contributed by atoms with E-state index in [1.54, 1.807) is 0 Å². The van der Waals surface area contributed by atoms with Crippen molar-refractivity contribution in [1.29, 1.82) is 0 Å². The molecule has 2 rings (SSSR count). The van der Waals surface area contributed by atoms with Crippen molar-refractivity contribution < 1.29 is 12.9 Å². The molecule has 1 unspecified atom stereocenters. The highest BCUT2D eigenvalue weighted by molar-refractivity contribution is 7.91. The zero-order valence-electron chi connectivity index (χ0n) is 9.14. The van der Waals surface area contributed by atoms with E-state index in [1.165, 1.54) is 0 Å². The van der Waals surface area contributed by atoms with Crippen LogP contribution >= 0.6 is 0 Å². The van der Waals surface area contributed by atoms with Crippen LogP contribution in [0.15, 0.2) is 4.52 Å². The molecule has 16 heavy (non-hydrogen) atoms. The number of hydrogen-bond donors (Lipinski definition) is 1. The molecule has 1 aromatic heterocycles. The van der Waals surface area contributed by atoms with E-state index in [9.17, 15) is 8.42 Å². The molecule has 1 fully saturated rings. The highest BCUT2D eigenvalue weighted by Gasteiger charge is 2.40. The molecule has 1 aliphatic heterocycles. The second-order valence-electron chi connectivity index (χ2n) is 4.47. The van der Waals surface area contributed by atoms with Gasteiger partial charge in [0.2, 0.25) is 5.89 Å². The van der Waals surface area contributed by atoms with Crippen LogP contribution in [0, 0.1) is 0 Å². The SMILES string of the molecule is CC1(c2noc(CN)n2)CCCS(=O)(=O)C1. The van der Waals surface area contributed by atoms with Crippen molar-refractivity contribution in [3.05, 3.63) is 11.7 Å². The molecule has 1 atom stereocenters. The minimum Gasteiger partial charge on any atom is -0.338 e. The van der Waals surface area contributed by atoms with Crippen LogP contribution < -0.4 is 5.73 Å². The Kier molecular flexibility index (Phi) is 2.75. The van der Waals surface area contributed by atoms with Gasteiger partial charge in [0, 0.05) is 5.41 Å². The fourth-order valence-electron chi connectivity index (χ4n) is 2.07. The summed E-state index contributed by atoms with van der Waals surface area (Å²) in [4.78, 5) is 4.12. The van der Waals surface area contributed by atoms with E-state index in [2.05, 4.69) is 10.1 Å². The Morgan fingerprint density at radius 2 is 2.31 bits per heavy atom. The molecule has 0 bridgehead atoms. The quantitative estimate of drug-likeness (QED) is 0.787. The second-order valence-corrected chi connectivity index (χ2v) is 6.66. The highest BCUT2D eigenvalue weighted by atomic mass is 32.2. The molecule has 0 aliphatic carbocycles. The fraction of sp³-hybridized carbons (Fsp3) is 0.778. The number of hydrogen-bond acceptors (Lipinski definition) is 6. The molecule has 0 amide bonds. The van der Waals surface area contributed by atoms with E-state index >= 15 is 0 Å². The molecule has 6 nitrogen and oxygen atoms in total. The van der Waals surface area contributed by atoms with Gasteiger partial charge in [-0.05, 0) is 12.8 Å². The van der Waals surface area contributed by atoms with Crippen molar-refractivity contribution in [3.8, 4) is 0 Å². The summed E-state index contributed by atoms with van der Waals surface area (Å²) in [7, 11) is -2.99. The van der Waals surface area contributed by atoms with Crippen LogP contribution in [-0.2, 0) is 21.8 Å². The van der Waals surface area contributed by atoms with Crippen molar-refractivity contribution in [2.45, 2.75) is 31.7 Å². The first-order valence-corrected chi connectivity index (χ1v) is 7.01. The third-order valence-corrected chi connectivity index (χ3v) is 4.89. The molecule has 1 aliphatic rings. The molecule has 0 saturated carbocycles. The summed E-state index contributed by atoms with van der Waals surface area (Å²) >= 11 is 0. The lowest BCUT2D eigenvalue weighted by molar-refractivity contribution is 0.351. The summed E-state index contributed by atoms with van der Waals surface area (Å²) in [5.74, 6) is 1.14. The lowest BCUT2D eigenvalue weighted by Crippen LogP contribution is -2.38. The summed E-state index contributed by atoms with van der Waals surface area (Å²) in [5, 5.41) is 3.82. The van der Waals surface area contributed by atoms with Gasteiger partial charge in [0.15, 0.2) is 15.7 Å². The van der Waals surface area contributed by atoms with E-state index in [-0.39, 0.29) is 18.1 Å². The minimum absolute atomic E-state index is 0.0868. The van der Waals surface area contributed by atoms with Gasteiger partial charge in [-0.1, -0.05) is 12.1 Å². The molecule has 1 aromatic rings. The van der Waals surface area contributed by atoms with Crippen molar-refractivity contribution in [2.75, 3.05) is 11.5 Å². The Balaban J connectivity index is 2.31. The first-order chi connectivity index (χ1) is 7.45. The molecular weight excluding hydrogens is 230 g/mol. The molecule has 0 spiro atoms. The average Bonchev–Trinajstić information content (AvgIpc) is 2.64. The topological polar surface area (TPSA) is 99.1 Å². The Bertz CT molecular complexity index is 482. The normalized spacial score (nSPS) is 29.1. The predicted octanol–water partition coefficient (Wildman–Crippen LogP) is -0.00540. The first-order valence-electron chi connectivity index (χ1n) is 5.19. The smallest absolute Gasteiger partial charge is 0.240 e. The van der Waals surface area contributed by atoms with Crippen molar-refractivity contribution in [3.63, 3.8) is 0 Å². The van der Waals surface area contributed by atoms with Gasteiger partial charge in [-0.2, -0.15) is 4.98 Å². The van der Waals surface area contributed by atoms with Crippen LogP contribution in [0.3, 0.4) is 0 Å². The zero-order valence-corrected chi connectivity index (χ0v) is 9.96. The maximum Gasteiger partial charge on any atom is 0.240 e. The number of aromatic nitrogens is 2. The maximum atomic E-state index is 11.6. The summed E-state index contributed by atoms with van der Waals surface area (Å²) in [5.41, 5.74) is 4.84.